The highest BCUT2D eigenvalue weighted by molar-refractivity contribution is 6.32. The topological polar surface area (TPSA) is 73.6 Å². The number of rotatable bonds is 6. The second-order valence-corrected chi connectivity index (χ2v) is 5.20. The smallest absolute Gasteiger partial charge is 0.257 e. The van der Waals surface area contributed by atoms with Crippen LogP contribution < -0.4 is 20.7 Å². The zero-order valence-corrected chi connectivity index (χ0v) is 13.6. The van der Waals surface area contributed by atoms with Crippen LogP contribution in [0.3, 0.4) is 0 Å². The highest BCUT2D eigenvalue weighted by atomic mass is 35.5. The molecular formula is C17H16ClFN2O3. The van der Waals surface area contributed by atoms with E-state index in [1.165, 1.54) is 31.4 Å². The number of carbonyl (C=O) groups is 1. The summed E-state index contributed by atoms with van der Waals surface area (Å²) in [6.45, 7) is 0.138. The van der Waals surface area contributed by atoms with Crippen molar-refractivity contribution in [1.29, 1.82) is 0 Å². The lowest BCUT2D eigenvalue weighted by atomic mass is 10.2. The van der Waals surface area contributed by atoms with Gasteiger partial charge in [-0.25, -0.2) is 10.2 Å². The number of hydrogen-bond acceptors (Lipinski definition) is 4. The van der Waals surface area contributed by atoms with E-state index in [9.17, 15) is 9.18 Å². The lowest BCUT2D eigenvalue weighted by molar-refractivity contribution is -0.116. The van der Waals surface area contributed by atoms with Crippen molar-refractivity contribution in [3.63, 3.8) is 0 Å². The summed E-state index contributed by atoms with van der Waals surface area (Å²) in [5.74, 6) is 4.95. The molecule has 0 fully saturated rings. The van der Waals surface area contributed by atoms with Gasteiger partial charge in [0.15, 0.2) is 11.5 Å². The zero-order valence-electron chi connectivity index (χ0n) is 12.9. The first-order chi connectivity index (χ1) is 11.5. The fourth-order valence-corrected chi connectivity index (χ4v) is 2.25. The van der Waals surface area contributed by atoms with E-state index in [2.05, 4.69) is 0 Å². The molecular weight excluding hydrogens is 335 g/mol. The monoisotopic (exact) mass is 350 g/mol. The molecule has 1 amide bonds. The molecule has 0 aliphatic carbocycles. The fraction of sp³-hybridized carbons (Fsp3) is 0.118. The Morgan fingerprint density at radius 3 is 2.83 bits per heavy atom. The minimum absolute atomic E-state index is 0.138. The third kappa shape index (κ3) is 4.71. The Morgan fingerprint density at radius 1 is 1.38 bits per heavy atom. The van der Waals surface area contributed by atoms with Gasteiger partial charge in [-0.1, -0.05) is 23.7 Å². The molecule has 0 unspecified atom stereocenters. The fourth-order valence-electron chi connectivity index (χ4n) is 1.98. The predicted molar refractivity (Wildman–Crippen MR) is 90.1 cm³/mol. The number of halogens is 2. The number of nitrogens with two attached hydrogens (primary N) is 1. The van der Waals surface area contributed by atoms with Gasteiger partial charge in [0.2, 0.25) is 0 Å². The van der Waals surface area contributed by atoms with Crippen LogP contribution in [0.15, 0.2) is 42.5 Å². The van der Waals surface area contributed by atoms with Crippen molar-refractivity contribution in [3.05, 3.63) is 64.4 Å². The Bertz CT molecular complexity index is 765. The molecule has 126 valence electrons. The summed E-state index contributed by atoms with van der Waals surface area (Å²) in [7, 11) is 1.47. The number of ether oxygens (including phenoxy) is 2. The Labute approximate surface area is 143 Å². The van der Waals surface area contributed by atoms with Crippen LogP contribution in [0.1, 0.15) is 11.1 Å². The van der Waals surface area contributed by atoms with Crippen molar-refractivity contribution in [2.75, 3.05) is 7.11 Å². The zero-order chi connectivity index (χ0) is 17.5. The molecule has 7 heteroatoms. The molecule has 5 nitrogen and oxygen atoms in total. The third-order valence-corrected chi connectivity index (χ3v) is 3.37. The van der Waals surface area contributed by atoms with Crippen molar-refractivity contribution in [1.82, 2.24) is 5.43 Å². The van der Waals surface area contributed by atoms with Gasteiger partial charge in [0.05, 0.1) is 12.1 Å². The van der Waals surface area contributed by atoms with Crippen LogP contribution in [0.4, 0.5) is 4.39 Å². The summed E-state index contributed by atoms with van der Waals surface area (Å²) < 4.78 is 24.1. The van der Waals surface area contributed by atoms with E-state index in [0.29, 0.717) is 27.6 Å². The standard InChI is InChI=1S/C17H16ClFN2O3/c1-23-15-9-11(5-6-16(22)21-20)8-14(18)17(15)24-10-12-3-2-4-13(19)7-12/h2-9H,10,20H2,1H3,(H,21,22)/b6-5+. The Morgan fingerprint density at radius 2 is 2.17 bits per heavy atom. The average molecular weight is 351 g/mol. The van der Waals surface area contributed by atoms with Crippen molar-refractivity contribution < 1.29 is 18.7 Å². The maximum atomic E-state index is 13.2. The molecule has 2 aromatic carbocycles. The van der Waals surface area contributed by atoms with Crippen LogP contribution in [0, 0.1) is 5.82 Å². The summed E-state index contributed by atoms with van der Waals surface area (Å²) in [5.41, 5.74) is 3.29. The lowest BCUT2D eigenvalue weighted by Gasteiger charge is -2.13. The minimum atomic E-state index is -0.448. The van der Waals surface area contributed by atoms with E-state index in [1.54, 1.807) is 24.3 Å². The van der Waals surface area contributed by atoms with Gasteiger partial charge in [-0.3, -0.25) is 10.2 Å². The summed E-state index contributed by atoms with van der Waals surface area (Å²) >= 11 is 6.22. The second kappa shape index (κ2) is 8.33. The van der Waals surface area contributed by atoms with Gasteiger partial charge in [0, 0.05) is 6.08 Å². The molecule has 0 aliphatic rings. The highest BCUT2D eigenvalue weighted by Crippen LogP contribution is 2.37. The van der Waals surface area contributed by atoms with Gasteiger partial charge in [0.1, 0.15) is 12.4 Å². The lowest BCUT2D eigenvalue weighted by Crippen LogP contribution is -2.27. The number of hydrazine groups is 1. The van der Waals surface area contributed by atoms with Crippen molar-refractivity contribution in [2.45, 2.75) is 6.61 Å². The number of hydrogen-bond donors (Lipinski definition) is 2. The normalized spacial score (nSPS) is 10.7. The largest absolute Gasteiger partial charge is 0.493 e. The molecule has 3 N–H and O–H groups in total. The van der Waals surface area contributed by atoms with E-state index >= 15 is 0 Å². The SMILES string of the molecule is COc1cc(/C=C/C(=O)NN)cc(Cl)c1OCc1cccc(F)c1. The number of methoxy groups -OCH3 is 1. The third-order valence-electron chi connectivity index (χ3n) is 3.09. The van der Waals surface area contributed by atoms with E-state index in [4.69, 9.17) is 26.9 Å². The van der Waals surface area contributed by atoms with Crippen LogP contribution >= 0.6 is 11.6 Å². The predicted octanol–water partition coefficient (Wildman–Crippen LogP) is 3.07. The second-order valence-electron chi connectivity index (χ2n) is 4.79. The molecule has 2 rings (SSSR count). The Hall–Kier alpha value is -2.57. The first-order valence-electron chi connectivity index (χ1n) is 6.97. The average Bonchev–Trinajstić information content (AvgIpc) is 2.58. The number of nitrogens with one attached hydrogen (secondary N) is 1. The molecule has 0 aromatic heterocycles. The quantitative estimate of drug-likeness (QED) is 0.363. The first kappa shape index (κ1) is 17.8. The molecule has 0 spiro atoms. The van der Waals surface area contributed by atoms with E-state index in [0.717, 1.165) is 0 Å². The van der Waals surface area contributed by atoms with Crippen LogP contribution in [-0.2, 0) is 11.4 Å². The molecule has 2 aromatic rings. The van der Waals surface area contributed by atoms with Crippen molar-refractivity contribution in [2.24, 2.45) is 5.84 Å². The van der Waals surface area contributed by atoms with Crippen LogP contribution in [0.5, 0.6) is 11.5 Å². The van der Waals surface area contributed by atoms with E-state index in [-0.39, 0.29) is 12.4 Å². The maximum Gasteiger partial charge on any atom is 0.257 e. The van der Waals surface area contributed by atoms with Gasteiger partial charge in [0.25, 0.3) is 5.91 Å². The summed E-state index contributed by atoms with van der Waals surface area (Å²) in [6.07, 6.45) is 2.80. The Kier molecular flexibility index (Phi) is 6.17. The van der Waals surface area contributed by atoms with Crippen molar-refractivity contribution in [3.8, 4) is 11.5 Å². The number of carbonyl (C=O) groups excluding carboxylic acids is 1. The van der Waals surface area contributed by atoms with Crippen LogP contribution in [-0.4, -0.2) is 13.0 Å². The molecule has 0 bridgehead atoms. The summed E-state index contributed by atoms with van der Waals surface area (Å²) in [5, 5.41) is 0.304. The van der Waals surface area contributed by atoms with E-state index < -0.39 is 5.91 Å². The number of benzene rings is 2. The molecule has 0 radical (unpaired) electrons. The van der Waals surface area contributed by atoms with Gasteiger partial charge >= 0.3 is 0 Å². The van der Waals surface area contributed by atoms with Crippen molar-refractivity contribution >= 4 is 23.6 Å². The molecule has 0 aliphatic heterocycles. The highest BCUT2D eigenvalue weighted by Gasteiger charge is 2.12. The summed E-state index contributed by atoms with van der Waals surface area (Å²) in [4.78, 5) is 11.1. The first-order valence-corrected chi connectivity index (χ1v) is 7.34. The molecule has 0 saturated carbocycles. The summed E-state index contributed by atoms with van der Waals surface area (Å²) in [6, 6.07) is 9.35. The molecule has 0 atom stereocenters. The van der Waals surface area contributed by atoms with Gasteiger partial charge in [-0.15, -0.1) is 0 Å². The van der Waals surface area contributed by atoms with Crippen LogP contribution in [0.2, 0.25) is 5.02 Å². The van der Waals surface area contributed by atoms with Gasteiger partial charge in [-0.2, -0.15) is 0 Å². The Balaban J connectivity index is 2.20. The molecule has 0 saturated heterocycles. The number of amides is 1. The van der Waals surface area contributed by atoms with Gasteiger partial charge < -0.3 is 9.47 Å². The minimum Gasteiger partial charge on any atom is -0.493 e. The van der Waals surface area contributed by atoms with E-state index in [1.807, 2.05) is 5.43 Å². The molecule has 24 heavy (non-hydrogen) atoms. The van der Waals surface area contributed by atoms with Gasteiger partial charge in [-0.05, 0) is 41.5 Å². The molecule has 0 heterocycles. The maximum absolute atomic E-state index is 13.2. The van der Waals surface area contributed by atoms with Crippen LogP contribution in [0.25, 0.3) is 6.08 Å².